The van der Waals surface area contributed by atoms with E-state index in [0.717, 1.165) is 51.4 Å². The van der Waals surface area contributed by atoms with E-state index in [-0.39, 0.29) is 23.6 Å². The molecule has 2 saturated heterocycles. The predicted molar refractivity (Wildman–Crippen MR) is 144 cm³/mol. The van der Waals surface area contributed by atoms with Crippen LogP contribution in [0.3, 0.4) is 0 Å². The van der Waals surface area contributed by atoms with E-state index >= 15 is 0 Å². The first-order valence-corrected chi connectivity index (χ1v) is 15.3. The molecule has 0 aromatic carbocycles. The van der Waals surface area contributed by atoms with Crippen molar-refractivity contribution in [3.05, 3.63) is 0 Å². The van der Waals surface area contributed by atoms with Gasteiger partial charge in [-0.2, -0.15) is 0 Å². The molecule has 0 atom stereocenters. The van der Waals surface area contributed by atoms with Crippen LogP contribution in [-0.2, 0) is 19.2 Å². The fourth-order valence-corrected chi connectivity index (χ4v) is 5.44. The van der Waals surface area contributed by atoms with Crippen LogP contribution in [0.4, 0.5) is 0 Å². The average molecular weight is 505 g/mol. The molecule has 0 aromatic heterocycles. The first-order chi connectivity index (χ1) is 17.6. The molecule has 6 nitrogen and oxygen atoms in total. The topological polar surface area (TPSA) is 74.8 Å². The van der Waals surface area contributed by atoms with Crippen LogP contribution >= 0.6 is 0 Å². The molecule has 4 amide bonds. The Balaban J connectivity index is 1.78. The molecule has 6 heteroatoms. The van der Waals surface area contributed by atoms with Gasteiger partial charge >= 0.3 is 0 Å². The van der Waals surface area contributed by atoms with Gasteiger partial charge in [0.15, 0.2) is 0 Å². The molecule has 0 saturated carbocycles. The maximum atomic E-state index is 12.9. The first kappa shape index (κ1) is 30.5. The van der Waals surface area contributed by atoms with E-state index in [1.54, 1.807) is 0 Å². The fraction of sp³-hybridized carbons (Fsp3) is 0.867. The van der Waals surface area contributed by atoms with Gasteiger partial charge in [-0.25, -0.2) is 0 Å². The Morgan fingerprint density at radius 1 is 0.444 bits per heavy atom. The van der Waals surface area contributed by atoms with E-state index in [9.17, 15) is 19.2 Å². The molecule has 206 valence electrons. The number of imide groups is 2. The number of rotatable bonds is 5. The minimum atomic E-state index is -0.0965. The lowest BCUT2D eigenvalue weighted by Gasteiger charge is -2.22. The first-order valence-electron chi connectivity index (χ1n) is 15.3. The van der Waals surface area contributed by atoms with Crippen LogP contribution in [-0.4, -0.2) is 46.5 Å². The summed E-state index contributed by atoms with van der Waals surface area (Å²) in [4.78, 5) is 54.2. The van der Waals surface area contributed by atoms with Crippen molar-refractivity contribution in [2.45, 2.75) is 154 Å². The lowest BCUT2D eigenvalue weighted by molar-refractivity contribution is -0.147. The number of nitrogens with zero attached hydrogens (tertiary/aromatic N) is 2. The Labute approximate surface area is 219 Å². The van der Waals surface area contributed by atoms with E-state index in [0.29, 0.717) is 51.6 Å². The van der Waals surface area contributed by atoms with Crippen LogP contribution in [0.15, 0.2) is 0 Å². The van der Waals surface area contributed by atoms with Gasteiger partial charge in [-0.1, -0.05) is 89.9 Å². The van der Waals surface area contributed by atoms with Gasteiger partial charge in [0, 0.05) is 38.8 Å². The van der Waals surface area contributed by atoms with Crippen molar-refractivity contribution in [3.8, 4) is 0 Å². The number of carbonyl (C=O) groups is 4. The monoisotopic (exact) mass is 504 g/mol. The molecular formula is C30H52N2O4. The second kappa shape index (κ2) is 19.4. The molecule has 2 aliphatic heterocycles. The van der Waals surface area contributed by atoms with Crippen LogP contribution in [0.2, 0.25) is 0 Å². The van der Waals surface area contributed by atoms with Crippen molar-refractivity contribution in [1.82, 2.24) is 9.80 Å². The van der Waals surface area contributed by atoms with E-state index in [4.69, 9.17) is 0 Å². The SMILES string of the molecule is O=C1CCCCCCCCCCCN1C(=O)CCCCC(=O)N1CCCCCCCCCCCC1=O. The normalized spacial score (nSPS) is 21.2. The minimum absolute atomic E-state index is 0.0314. The van der Waals surface area contributed by atoms with Gasteiger partial charge in [0.2, 0.25) is 23.6 Å². The summed E-state index contributed by atoms with van der Waals surface area (Å²) in [5.74, 6) is -0.256. The van der Waals surface area contributed by atoms with Gasteiger partial charge in [-0.3, -0.25) is 29.0 Å². The Hall–Kier alpha value is -1.72. The fourth-order valence-electron chi connectivity index (χ4n) is 5.44. The Bertz CT molecular complexity index is 607. The molecule has 0 aromatic rings. The van der Waals surface area contributed by atoms with Crippen LogP contribution < -0.4 is 0 Å². The average Bonchev–Trinajstić information content (AvgIpc) is 2.90. The van der Waals surface area contributed by atoms with Crippen LogP contribution in [0.1, 0.15) is 154 Å². The van der Waals surface area contributed by atoms with Crippen molar-refractivity contribution < 1.29 is 19.2 Å². The van der Waals surface area contributed by atoms with Gasteiger partial charge in [0.25, 0.3) is 0 Å². The standard InChI is InChI=1S/C30H52N2O4/c33-27-21-15-11-7-3-1-5-9-13-19-25-31(27)29(35)23-17-18-24-30(36)32-26-20-14-10-6-2-4-8-12-16-22-28(32)34/h1-26H2. The predicted octanol–water partition coefficient (Wildman–Crippen LogP) is 7.09. The molecule has 0 unspecified atom stereocenters. The quantitative estimate of drug-likeness (QED) is 0.375. The highest BCUT2D eigenvalue weighted by molar-refractivity contribution is 5.96. The second-order valence-electron chi connectivity index (χ2n) is 10.9. The van der Waals surface area contributed by atoms with Crippen molar-refractivity contribution in [2.24, 2.45) is 0 Å². The zero-order valence-electron chi connectivity index (χ0n) is 22.9. The zero-order valence-corrected chi connectivity index (χ0v) is 22.9. The van der Waals surface area contributed by atoms with E-state index in [1.807, 2.05) is 0 Å². The lowest BCUT2D eigenvalue weighted by atomic mass is 10.1. The second-order valence-corrected chi connectivity index (χ2v) is 10.9. The summed E-state index contributed by atoms with van der Waals surface area (Å²) in [6.07, 6.45) is 22.7. The molecule has 0 spiro atoms. The highest BCUT2D eigenvalue weighted by Gasteiger charge is 2.22. The van der Waals surface area contributed by atoms with E-state index in [2.05, 4.69) is 0 Å². The van der Waals surface area contributed by atoms with Crippen LogP contribution in [0.25, 0.3) is 0 Å². The van der Waals surface area contributed by atoms with Crippen molar-refractivity contribution in [3.63, 3.8) is 0 Å². The highest BCUT2D eigenvalue weighted by Crippen LogP contribution is 2.17. The van der Waals surface area contributed by atoms with Gasteiger partial charge in [0.05, 0.1) is 0 Å². The molecular weight excluding hydrogens is 452 g/mol. The largest absolute Gasteiger partial charge is 0.283 e. The molecule has 0 bridgehead atoms. The van der Waals surface area contributed by atoms with Crippen LogP contribution in [0.5, 0.6) is 0 Å². The molecule has 2 heterocycles. The molecule has 2 aliphatic rings. The smallest absolute Gasteiger partial charge is 0.229 e. The summed E-state index contributed by atoms with van der Waals surface area (Å²) in [7, 11) is 0. The summed E-state index contributed by atoms with van der Waals surface area (Å²) in [5.41, 5.74) is 0. The molecule has 2 rings (SSSR count). The number of amides is 4. The lowest BCUT2D eigenvalue weighted by Crippen LogP contribution is -2.38. The summed E-state index contributed by atoms with van der Waals surface area (Å²) < 4.78 is 0. The van der Waals surface area contributed by atoms with Gasteiger partial charge in [-0.15, -0.1) is 0 Å². The van der Waals surface area contributed by atoms with E-state index < -0.39 is 0 Å². The summed E-state index contributed by atoms with van der Waals surface area (Å²) in [6, 6.07) is 0. The zero-order chi connectivity index (χ0) is 25.8. The Kier molecular flexibility index (Phi) is 16.4. The molecule has 0 N–H and O–H groups in total. The van der Waals surface area contributed by atoms with Crippen molar-refractivity contribution in [2.75, 3.05) is 13.1 Å². The number of hydrogen-bond acceptors (Lipinski definition) is 4. The van der Waals surface area contributed by atoms with Crippen molar-refractivity contribution in [1.29, 1.82) is 0 Å². The van der Waals surface area contributed by atoms with Gasteiger partial charge < -0.3 is 0 Å². The highest BCUT2D eigenvalue weighted by atomic mass is 16.2. The number of unbranched alkanes of at least 4 members (excludes halogenated alkanes) is 1. The molecule has 36 heavy (non-hydrogen) atoms. The summed E-state index contributed by atoms with van der Waals surface area (Å²) in [5, 5.41) is 0. The minimum Gasteiger partial charge on any atom is -0.283 e. The number of hydrogen-bond donors (Lipinski definition) is 0. The Morgan fingerprint density at radius 2 is 0.722 bits per heavy atom. The Morgan fingerprint density at radius 3 is 1.06 bits per heavy atom. The third kappa shape index (κ3) is 13.0. The van der Waals surface area contributed by atoms with Gasteiger partial charge in [0.1, 0.15) is 0 Å². The van der Waals surface area contributed by atoms with Crippen molar-refractivity contribution >= 4 is 23.6 Å². The molecule has 0 aliphatic carbocycles. The molecule has 2 fully saturated rings. The third-order valence-electron chi connectivity index (χ3n) is 7.78. The van der Waals surface area contributed by atoms with Crippen LogP contribution in [0, 0.1) is 0 Å². The third-order valence-corrected chi connectivity index (χ3v) is 7.78. The summed E-state index contributed by atoms with van der Waals surface area (Å²) in [6.45, 7) is 1.05. The summed E-state index contributed by atoms with van der Waals surface area (Å²) >= 11 is 0. The molecule has 0 radical (unpaired) electrons. The maximum absolute atomic E-state index is 12.9. The number of carbonyl (C=O) groups excluding carboxylic acids is 4. The van der Waals surface area contributed by atoms with Gasteiger partial charge in [-0.05, 0) is 38.5 Å². The maximum Gasteiger partial charge on any atom is 0.229 e. The van der Waals surface area contributed by atoms with E-state index in [1.165, 1.54) is 74.0 Å².